The monoisotopic (exact) mass is 413 g/mol. The van der Waals surface area contributed by atoms with E-state index in [1.165, 1.54) is 10.6 Å². The van der Waals surface area contributed by atoms with E-state index in [0.29, 0.717) is 44.0 Å². The molecule has 0 unspecified atom stereocenters. The lowest BCUT2D eigenvalue weighted by Crippen LogP contribution is -2.41. The van der Waals surface area contributed by atoms with Crippen LogP contribution in [0.1, 0.15) is 25.8 Å². The van der Waals surface area contributed by atoms with Gasteiger partial charge in [0, 0.05) is 25.4 Å². The Morgan fingerprint density at radius 1 is 1.18 bits per heavy atom. The predicted molar refractivity (Wildman–Crippen MR) is 106 cm³/mol. The fourth-order valence-electron chi connectivity index (χ4n) is 2.97. The van der Waals surface area contributed by atoms with E-state index in [9.17, 15) is 18.0 Å². The molecule has 1 aliphatic rings. The molecule has 1 heterocycles. The molecular weight excluding hydrogens is 386 g/mol. The first-order valence-corrected chi connectivity index (χ1v) is 11.0. The van der Waals surface area contributed by atoms with Crippen LogP contribution in [0.3, 0.4) is 0 Å². The minimum Gasteiger partial charge on any atom is -0.351 e. The maximum Gasteiger partial charge on any atom is 0.313 e. The zero-order valence-corrected chi connectivity index (χ0v) is 17.2. The van der Waals surface area contributed by atoms with Gasteiger partial charge in [-0.05, 0) is 50.5 Å². The van der Waals surface area contributed by atoms with Crippen molar-refractivity contribution in [1.29, 1.82) is 0 Å². The van der Waals surface area contributed by atoms with Gasteiger partial charge in [0.15, 0.2) is 6.29 Å². The highest BCUT2D eigenvalue weighted by Gasteiger charge is 2.24. The second-order valence-corrected chi connectivity index (χ2v) is 8.19. The Morgan fingerprint density at radius 3 is 2.46 bits per heavy atom. The molecule has 0 aliphatic carbocycles. The number of amides is 2. The molecule has 0 bridgehead atoms. The zero-order valence-electron chi connectivity index (χ0n) is 16.4. The first-order valence-electron chi connectivity index (χ1n) is 9.19. The van der Waals surface area contributed by atoms with E-state index < -0.39 is 28.1 Å². The molecular formula is C18H27N3O6S. The molecule has 0 atom stereocenters. The second kappa shape index (κ2) is 9.85. The molecule has 156 valence electrons. The molecule has 0 radical (unpaired) electrons. The molecule has 0 spiro atoms. The summed E-state index contributed by atoms with van der Waals surface area (Å²) in [6.07, 6.45) is 1.94. The van der Waals surface area contributed by atoms with Crippen molar-refractivity contribution < 1.29 is 27.5 Å². The van der Waals surface area contributed by atoms with Crippen molar-refractivity contribution in [2.45, 2.75) is 33.0 Å². The van der Waals surface area contributed by atoms with Crippen molar-refractivity contribution in [3.05, 3.63) is 23.8 Å². The molecule has 0 saturated carbocycles. The molecule has 2 rings (SSSR count). The van der Waals surface area contributed by atoms with Crippen LogP contribution in [-0.2, 0) is 35.5 Å². The Balaban J connectivity index is 1.99. The first kappa shape index (κ1) is 22.1. The third-order valence-corrected chi connectivity index (χ3v) is 5.33. The number of carbonyl (C=O) groups excluding carboxylic acids is 2. The smallest absolute Gasteiger partial charge is 0.313 e. The number of aryl methyl sites for hydroxylation is 1. The summed E-state index contributed by atoms with van der Waals surface area (Å²) in [7, 11) is -3.36. The van der Waals surface area contributed by atoms with E-state index in [0.717, 1.165) is 5.56 Å². The standard InChI is InChI=1S/C18H27N3O6S/c1-4-26-16(27-5-2)12-19-17(22)18(23)20-14-8-9-15-13(11-14)7-6-10-21(15)28(3,24)25/h8-9,11,16H,4-7,10,12H2,1-3H3,(H,19,22)(H,20,23). The number of hydrogen-bond acceptors (Lipinski definition) is 6. The number of ether oxygens (including phenoxy) is 2. The summed E-state index contributed by atoms with van der Waals surface area (Å²) < 4.78 is 35.8. The highest BCUT2D eigenvalue weighted by Crippen LogP contribution is 2.31. The van der Waals surface area contributed by atoms with Gasteiger partial charge in [0.1, 0.15) is 0 Å². The molecule has 2 amide bonds. The largest absolute Gasteiger partial charge is 0.351 e. The number of carbonyl (C=O) groups is 2. The number of anilines is 2. The average Bonchev–Trinajstić information content (AvgIpc) is 2.64. The number of nitrogens with zero attached hydrogens (tertiary/aromatic N) is 1. The van der Waals surface area contributed by atoms with Crippen LogP contribution in [0.2, 0.25) is 0 Å². The van der Waals surface area contributed by atoms with Crippen molar-refractivity contribution >= 4 is 33.2 Å². The van der Waals surface area contributed by atoms with Gasteiger partial charge in [-0.3, -0.25) is 13.9 Å². The molecule has 28 heavy (non-hydrogen) atoms. The van der Waals surface area contributed by atoms with Gasteiger partial charge in [-0.15, -0.1) is 0 Å². The first-order chi connectivity index (χ1) is 13.3. The van der Waals surface area contributed by atoms with Gasteiger partial charge in [0.2, 0.25) is 10.0 Å². The van der Waals surface area contributed by atoms with E-state index >= 15 is 0 Å². The summed E-state index contributed by atoms with van der Waals surface area (Å²) in [5.74, 6) is -1.62. The van der Waals surface area contributed by atoms with E-state index in [4.69, 9.17) is 9.47 Å². The Morgan fingerprint density at radius 2 is 1.86 bits per heavy atom. The molecule has 0 fully saturated rings. The maximum atomic E-state index is 12.1. The van der Waals surface area contributed by atoms with Gasteiger partial charge in [0.25, 0.3) is 0 Å². The number of rotatable bonds is 8. The van der Waals surface area contributed by atoms with Crippen LogP contribution in [0.15, 0.2) is 18.2 Å². The van der Waals surface area contributed by atoms with Crippen molar-refractivity contribution in [2.24, 2.45) is 0 Å². The molecule has 9 nitrogen and oxygen atoms in total. The lowest BCUT2D eigenvalue weighted by atomic mass is 10.0. The second-order valence-electron chi connectivity index (χ2n) is 6.29. The van der Waals surface area contributed by atoms with Crippen molar-refractivity contribution in [3.63, 3.8) is 0 Å². The normalized spacial score (nSPS) is 13.9. The summed E-state index contributed by atoms with van der Waals surface area (Å²) in [5, 5.41) is 5.01. The van der Waals surface area contributed by atoms with Crippen LogP contribution < -0.4 is 14.9 Å². The van der Waals surface area contributed by atoms with Crippen molar-refractivity contribution in [3.8, 4) is 0 Å². The topological polar surface area (TPSA) is 114 Å². The molecule has 0 saturated heterocycles. The van der Waals surface area contributed by atoms with E-state index in [1.54, 1.807) is 18.2 Å². The molecule has 1 aromatic carbocycles. The quantitative estimate of drug-likeness (QED) is 0.482. The predicted octanol–water partition coefficient (Wildman–Crippen LogP) is 0.853. The summed E-state index contributed by atoms with van der Waals surface area (Å²) in [4.78, 5) is 24.1. The van der Waals surface area contributed by atoms with Crippen molar-refractivity contribution in [2.75, 3.05) is 42.2 Å². The van der Waals surface area contributed by atoms with Gasteiger partial charge >= 0.3 is 11.8 Å². The van der Waals surface area contributed by atoms with E-state index in [-0.39, 0.29) is 6.54 Å². The van der Waals surface area contributed by atoms with Crippen LogP contribution in [0, 0.1) is 0 Å². The number of hydrogen-bond donors (Lipinski definition) is 2. The van der Waals surface area contributed by atoms with Crippen molar-refractivity contribution in [1.82, 2.24) is 5.32 Å². The minimum absolute atomic E-state index is 0.0570. The van der Waals surface area contributed by atoms with Gasteiger partial charge in [-0.1, -0.05) is 0 Å². The van der Waals surface area contributed by atoms with Gasteiger partial charge < -0.3 is 20.1 Å². The maximum absolute atomic E-state index is 12.1. The Hall–Kier alpha value is -2.17. The summed E-state index contributed by atoms with van der Waals surface area (Å²) in [6, 6.07) is 4.92. The fraction of sp³-hybridized carbons (Fsp3) is 0.556. The third kappa shape index (κ3) is 5.91. The molecule has 10 heteroatoms. The minimum atomic E-state index is -3.36. The lowest BCUT2D eigenvalue weighted by Gasteiger charge is -2.29. The Bertz CT molecular complexity index is 806. The lowest BCUT2D eigenvalue weighted by molar-refractivity contribution is -0.145. The number of sulfonamides is 1. The van der Waals surface area contributed by atoms with Gasteiger partial charge in [-0.25, -0.2) is 8.42 Å². The number of benzene rings is 1. The molecule has 1 aromatic rings. The zero-order chi connectivity index (χ0) is 20.7. The summed E-state index contributed by atoms with van der Waals surface area (Å²) >= 11 is 0. The van der Waals surface area contributed by atoms with Crippen LogP contribution >= 0.6 is 0 Å². The average molecular weight is 413 g/mol. The summed E-state index contributed by atoms with van der Waals surface area (Å²) in [5.41, 5.74) is 1.84. The highest BCUT2D eigenvalue weighted by molar-refractivity contribution is 7.92. The molecule has 2 N–H and O–H groups in total. The Labute approximate surface area is 165 Å². The Kier molecular flexibility index (Phi) is 7.78. The van der Waals surface area contributed by atoms with Crippen LogP contribution in [0.4, 0.5) is 11.4 Å². The van der Waals surface area contributed by atoms with Crippen LogP contribution in [0.5, 0.6) is 0 Å². The van der Waals surface area contributed by atoms with E-state index in [2.05, 4.69) is 10.6 Å². The third-order valence-electron chi connectivity index (χ3n) is 4.15. The summed E-state index contributed by atoms with van der Waals surface area (Å²) in [6.45, 7) is 4.95. The fourth-order valence-corrected chi connectivity index (χ4v) is 3.96. The van der Waals surface area contributed by atoms with E-state index in [1.807, 2.05) is 13.8 Å². The van der Waals surface area contributed by atoms with Gasteiger partial charge in [0.05, 0.1) is 18.5 Å². The molecule has 0 aromatic heterocycles. The number of fused-ring (bicyclic) bond motifs is 1. The van der Waals surface area contributed by atoms with Crippen LogP contribution in [0.25, 0.3) is 0 Å². The molecule has 1 aliphatic heterocycles. The van der Waals surface area contributed by atoms with Crippen LogP contribution in [-0.4, -0.2) is 59.1 Å². The highest BCUT2D eigenvalue weighted by atomic mass is 32.2. The van der Waals surface area contributed by atoms with Gasteiger partial charge in [-0.2, -0.15) is 0 Å². The number of nitrogens with one attached hydrogen (secondary N) is 2. The SMILES string of the molecule is CCOC(CNC(=O)C(=O)Nc1ccc2c(c1)CCCN2S(C)(=O)=O)OCC.